The first kappa shape index (κ1) is 37.2. The summed E-state index contributed by atoms with van der Waals surface area (Å²) in [6.45, 7) is 6.65. The summed E-state index contributed by atoms with van der Waals surface area (Å²) in [4.78, 5) is 54.0. The van der Waals surface area contributed by atoms with Crippen LogP contribution in [-0.4, -0.2) is 101 Å². The standard InChI is InChI=1S/C43H45ClN8O5/c44-36-20-33(11-5-29(36)21-45)57-32-9-3-27(4-10-32)37-22-46-40(47-37)28-1-6-30(7-2-28)51-24-26(25-51)23-49-15-17-50(18-16-49)31-8-12-34-35(19-31)43(56)52(42(34)55)38-13-14-39(53)48-41(38)54/h1-2,5-8,11-12,19-20,22,26-27,32,38,43,56H,3-4,9-10,13-18,23-25H2,(H,46,47)(H,48,53,54)/t27-,32-,38?,43?. The van der Waals surface area contributed by atoms with Gasteiger partial charge in [0, 0.05) is 110 Å². The first-order valence-corrected chi connectivity index (χ1v) is 20.3. The number of aromatic amines is 1. The Labute approximate surface area is 336 Å². The van der Waals surface area contributed by atoms with E-state index in [0.29, 0.717) is 39.3 Å². The lowest BCUT2D eigenvalue weighted by Crippen LogP contribution is -2.55. The summed E-state index contributed by atoms with van der Waals surface area (Å²) >= 11 is 6.19. The number of H-pyrrole nitrogens is 1. The Morgan fingerprint density at radius 3 is 2.37 bits per heavy atom. The van der Waals surface area contributed by atoms with E-state index in [0.717, 1.165) is 88.6 Å². The molecule has 4 aliphatic heterocycles. The normalized spacial score (nSPS) is 24.2. The van der Waals surface area contributed by atoms with Crippen LogP contribution >= 0.6 is 11.6 Å². The number of anilines is 2. The van der Waals surface area contributed by atoms with Crippen molar-refractivity contribution in [3.05, 3.63) is 94.3 Å². The highest BCUT2D eigenvalue weighted by molar-refractivity contribution is 6.31. The summed E-state index contributed by atoms with van der Waals surface area (Å²) < 4.78 is 6.18. The molecule has 14 heteroatoms. The van der Waals surface area contributed by atoms with Gasteiger partial charge in [-0.2, -0.15) is 5.26 Å². The predicted octanol–water partition coefficient (Wildman–Crippen LogP) is 5.22. The monoisotopic (exact) mass is 788 g/mol. The highest BCUT2D eigenvalue weighted by atomic mass is 35.5. The second-order valence-corrected chi connectivity index (χ2v) is 16.4. The molecular formula is C43H45ClN8O5. The first-order valence-electron chi connectivity index (χ1n) is 19.9. The van der Waals surface area contributed by atoms with Gasteiger partial charge in [0.25, 0.3) is 5.91 Å². The van der Waals surface area contributed by atoms with Crippen molar-refractivity contribution in [1.29, 1.82) is 5.26 Å². The average molecular weight is 789 g/mol. The van der Waals surface area contributed by atoms with Gasteiger partial charge in [0.15, 0.2) is 6.23 Å². The van der Waals surface area contributed by atoms with Gasteiger partial charge in [-0.05, 0) is 86.7 Å². The molecule has 13 nitrogen and oxygen atoms in total. The molecule has 1 aromatic heterocycles. The third-order valence-corrected chi connectivity index (χ3v) is 12.7. The number of carbonyl (C=O) groups excluding carboxylic acids is 3. The Bertz CT molecular complexity index is 2220. The number of hydrogen-bond acceptors (Lipinski definition) is 10. The minimum absolute atomic E-state index is 0.128. The molecule has 4 fully saturated rings. The molecule has 0 bridgehead atoms. The fraction of sp³-hybridized carbons (Fsp3) is 0.419. The molecule has 3 amide bonds. The van der Waals surface area contributed by atoms with Gasteiger partial charge >= 0.3 is 0 Å². The number of aliphatic hydroxyl groups is 1. The number of halogens is 1. The van der Waals surface area contributed by atoms with E-state index < -0.39 is 18.2 Å². The quantitative estimate of drug-likeness (QED) is 0.192. The zero-order valence-electron chi connectivity index (χ0n) is 31.6. The van der Waals surface area contributed by atoms with Gasteiger partial charge in [-0.25, -0.2) is 4.98 Å². The number of benzene rings is 3. The van der Waals surface area contributed by atoms with Gasteiger partial charge in [-0.3, -0.25) is 29.5 Å². The zero-order valence-corrected chi connectivity index (χ0v) is 32.3. The maximum Gasteiger partial charge on any atom is 0.257 e. The molecule has 3 saturated heterocycles. The van der Waals surface area contributed by atoms with Crippen molar-refractivity contribution < 1.29 is 24.2 Å². The van der Waals surface area contributed by atoms with Crippen LogP contribution in [0, 0.1) is 17.2 Å². The summed E-state index contributed by atoms with van der Waals surface area (Å²) in [5, 5.41) is 22.9. The third-order valence-electron chi connectivity index (χ3n) is 12.4. The Balaban J connectivity index is 0.717. The van der Waals surface area contributed by atoms with Gasteiger partial charge in [0.1, 0.15) is 23.7 Å². The van der Waals surface area contributed by atoms with Crippen LogP contribution in [0.5, 0.6) is 5.75 Å². The molecule has 3 aromatic carbocycles. The van der Waals surface area contributed by atoms with Crippen LogP contribution in [0.25, 0.3) is 11.4 Å². The second kappa shape index (κ2) is 15.5. The molecule has 1 saturated carbocycles. The number of hydrogen-bond donors (Lipinski definition) is 3. The molecule has 9 rings (SSSR count). The lowest BCUT2D eigenvalue weighted by atomic mass is 9.85. The molecule has 2 atom stereocenters. The van der Waals surface area contributed by atoms with Crippen molar-refractivity contribution in [2.75, 3.05) is 55.6 Å². The molecule has 0 spiro atoms. The van der Waals surface area contributed by atoms with Gasteiger partial charge in [0.2, 0.25) is 11.8 Å². The number of imide groups is 1. The maximum atomic E-state index is 13.2. The fourth-order valence-electron chi connectivity index (χ4n) is 9.13. The van der Waals surface area contributed by atoms with Crippen molar-refractivity contribution in [3.63, 3.8) is 0 Å². The summed E-state index contributed by atoms with van der Waals surface area (Å²) in [5.74, 6) is 1.33. The van der Waals surface area contributed by atoms with Crippen molar-refractivity contribution in [2.45, 2.75) is 62.8 Å². The minimum Gasteiger partial charge on any atom is -0.490 e. The van der Waals surface area contributed by atoms with Crippen molar-refractivity contribution in [3.8, 4) is 23.2 Å². The predicted molar refractivity (Wildman–Crippen MR) is 214 cm³/mol. The van der Waals surface area contributed by atoms with Crippen molar-refractivity contribution in [1.82, 2.24) is 25.1 Å². The summed E-state index contributed by atoms with van der Waals surface area (Å²) in [7, 11) is 0. The van der Waals surface area contributed by atoms with Crippen molar-refractivity contribution in [2.24, 2.45) is 5.92 Å². The first-order chi connectivity index (χ1) is 27.7. The molecule has 1 aliphatic carbocycles. The Morgan fingerprint density at radius 2 is 1.65 bits per heavy atom. The number of rotatable bonds is 9. The molecule has 5 heterocycles. The number of fused-ring (bicyclic) bond motifs is 1. The Morgan fingerprint density at radius 1 is 0.895 bits per heavy atom. The van der Waals surface area contributed by atoms with E-state index in [2.05, 4.69) is 55.3 Å². The molecule has 4 aromatic rings. The lowest BCUT2D eigenvalue weighted by Gasteiger charge is -2.45. The highest BCUT2D eigenvalue weighted by Gasteiger charge is 2.44. The average Bonchev–Trinajstić information content (AvgIpc) is 3.79. The van der Waals surface area contributed by atoms with E-state index in [1.54, 1.807) is 18.2 Å². The third kappa shape index (κ3) is 7.45. The number of carbonyl (C=O) groups is 3. The molecule has 5 aliphatic rings. The summed E-state index contributed by atoms with van der Waals surface area (Å²) in [6.07, 6.45) is 5.14. The fourth-order valence-corrected chi connectivity index (χ4v) is 9.34. The SMILES string of the molecule is N#Cc1ccc(O[C@H]2CC[C@H](c3cnc(-c4ccc(N5CC(CN6CCN(c7ccc8c(c7)C(O)N(C7CCC(=O)NC7=O)C8=O)CC6)C5)cc4)[nH]3)CC2)cc1Cl. The van der Waals surface area contributed by atoms with E-state index in [1.807, 2.05) is 24.4 Å². The smallest absolute Gasteiger partial charge is 0.257 e. The Kier molecular flexibility index (Phi) is 10.1. The molecule has 0 radical (unpaired) electrons. The number of piperidine rings is 1. The van der Waals surface area contributed by atoms with E-state index in [1.165, 1.54) is 16.3 Å². The Hall–Kier alpha value is -5.42. The van der Waals surface area contributed by atoms with Gasteiger partial charge in [0.05, 0.1) is 16.7 Å². The summed E-state index contributed by atoms with van der Waals surface area (Å²) in [6, 6.07) is 20.7. The number of imidazole rings is 1. The number of nitriles is 1. The van der Waals surface area contributed by atoms with Gasteiger partial charge in [-0.15, -0.1) is 0 Å². The van der Waals surface area contributed by atoms with E-state index in [-0.39, 0.29) is 30.8 Å². The molecule has 57 heavy (non-hydrogen) atoms. The summed E-state index contributed by atoms with van der Waals surface area (Å²) in [5.41, 5.74) is 5.79. The van der Waals surface area contributed by atoms with Gasteiger partial charge < -0.3 is 24.6 Å². The lowest BCUT2D eigenvalue weighted by molar-refractivity contribution is -0.139. The second-order valence-electron chi connectivity index (χ2n) is 16.0. The van der Waals surface area contributed by atoms with Crippen LogP contribution in [0.3, 0.4) is 0 Å². The van der Waals surface area contributed by atoms with Crippen LogP contribution in [0.4, 0.5) is 11.4 Å². The van der Waals surface area contributed by atoms with E-state index in [4.69, 9.17) is 26.6 Å². The number of aromatic nitrogens is 2. The maximum absolute atomic E-state index is 13.2. The zero-order chi connectivity index (χ0) is 39.2. The highest BCUT2D eigenvalue weighted by Crippen LogP contribution is 2.39. The topological polar surface area (TPSA) is 158 Å². The number of aliphatic hydroxyl groups excluding tert-OH is 1. The van der Waals surface area contributed by atoms with Crippen LogP contribution in [0.2, 0.25) is 5.02 Å². The van der Waals surface area contributed by atoms with Crippen LogP contribution in [-0.2, 0) is 9.59 Å². The number of amides is 3. The van der Waals surface area contributed by atoms with Gasteiger partial charge in [-0.1, -0.05) is 11.6 Å². The minimum atomic E-state index is -1.22. The van der Waals surface area contributed by atoms with Crippen LogP contribution in [0.15, 0.2) is 66.9 Å². The molecule has 3 N–H and O–H groups in total. The van der Waals surface area contributed by atoms with Crippen molar-refractivity contribution >= 4 is 40.7 Å². The molecule has 294 valence electrons. The largest absolute Gasteiger partial charge is 0.490 e. The van der Waals surface area contributed by atoms with Crippen LogP contribution < -0.4 is 19.9 Å². The number of piperazine rings is 1. The van der Waals surface area contributed by atoms with E-state index in [9.17, 15) is 19.5 Å². The van der Waals surface area contributed by atoms with Crippen LogP contribution in [0.1, 0.15) is 77.8 Å². The molecule has 2 unspecified atom stereocenters. The number of nitrogens with one attached hydrogen (secondary N) is 2. The van der Waals surface area contributed by atoms with E-state index >= 15 is 0 Å². The molecular weight excluding hydrogens is 744 g/mol. The number of ether oxygens (including phenoxy) is 1. The number of nitrogens with zero attached hydrogens (tertiary/aromatic N) is 6.